The molecule has 12 heteroatoms. The van der Waals surface area contributed by atoms with Crippen LogP contribution < -0.4 is 35.1 Å². The summed E-state index contributed by atoms with van der Waals surface area (Å²) in [6.07, 6.45) is 1.29. The number of amides is 2. The topological polar surface area (TPSA) is 130 Å². The maximum Gasteiger partial charge on any atom is 0.262 e. The van der Waals surface area contributed by atoms with Crippen LogP contribution >= 0.6 is 11.8 Å². The highest BCUT2D eigenvalue weighted by atomic mass is 32.2. The zero-order valence-corrected chi connectivity index (χ0v) is 26.7. The Morgan fingerprint density at radius 3 is 1.89 bits per heavy atom. The number of benzene rings is 3. The third-order valence-electron chi connectivity index (χ3n) is 7.09. The van der Waals surface area contributed by atoms with Gasteiger partial charge in [0, 0.05) is 26.1 Å². The highest BCUT2D eigenvalue weighted by Gasteiger charge is 2.15. The van der Waals surface area contributed by atoms with E-state index in [1.54, 1.807) is 52.7 Å². The smallest absolute Gasteiger partial charge is 0.262 e. The second-order valence-corrected chi connectivity index (χ2v) is 10.9. The highest BCUT2D eigenvalue weighted by Crippen LogP contribution is 2.28. The third kappa shape index (κ3) is 8.91. The molecule has 1 heterocycles. The first-order chi connectivity index (χ1) is 21.9. The molecule has 0 bridgehead atoms. The van der Waals surface area contributed by atoms with Gasteiger partial charge in [-0.3, -0.25) is 19.0 Å². The Labute approximate surface area is 266 Å². The number of carbonyl (C=O) groups excluding carboxylic acids is 2. The Hall–Kier alpha value is -4.71. The van der Waals surface area contributed by atoms with E-state index >= 15 is 0 Å². The molecule has 3 aromatic carbocycles. The van der Waals surface area contributed by atoms with Crippen molar-refractivity contribution in [2.24, 2.45) is 0 Å². The largest absolute Gasteiger partial charge is 0.493 e. The van der Waals surface area contributed by atoms with Crippen LogP contribution in [0.2, 0.25) is 0 Å². The minimum atomic E-state index is -0.255. The lowest BCUT2D eigenvalue weighted by Gasteiger charge is -2.14. The lowest BCUT2D eigenvalue weighted by Crippen LogP contribution is -2.30. The maximum atomic E-state index is 13.4. The molecule has 4 aromatic rings. The van der Waals surface area contributed by atoms with E-state index in [1.165, 1.54) is 4.57 Å². The van der Waals surface area contributed by atoms with Crippen molar-refractivity contribution in [1.29, 1.82) is 0 Å². The van der Waals surface area contributed by atoms with Crippen molar-refractivity contribution in [3.8, 4) is 23.0 Å². The van der Waals surface area contributed by atoms with Gasteiger partial charge < -0.3 is 29.6 Å². The number of aromatic nitrogens is 2. The van der Waals surface area contributed by atoms with E-state index in [2.05, 4.69) is 15.6 Å². The normalized spacial score (nSPS) is 10.8. The van der Waals surface area contributed by atoms with Crippen molar-refractivity contribution < 1.29 is 28.5 Å². The van der Waals surface area contributed by atoms with E-state index in [4.69, 9.17) is 18.9 Å². The van der Waals surface area contributed by atoms with Crippen molar-refractivity contribution >= 4 is 34.5 Å². The van der Waals surface area contributed by atoms with Crippen molar-refractivity contribution in [2.75, 3.05) is 47.3 Å². The van der Waals surface area contributed by atoms with E-state index in [9.17, 15) is 14.4 Å². The summed E-state index contributed by atoms with van der Waals surface area (Å²) in [6.45, 7) is 0.975. The van der Waals surface area contributed by atoms with Crippen LogP contribution in [-0.4, -0.2) is 68.6 Å². The lowest BCUT2D eigenvalue weighted by atomic mass is 10.1. The average Bonchev–Trinajstić information content (AvgIpc) is 3.06. The number of carbonyl (C=O) groups is 2. The summed E-state index contributed by atoms with van der Waals surface area (Å²) in [7, 11) is 6.32. The zero-order chi connectivity index (χ0) is 32.2. The quantitative estimate of drug-likeness (QED) is 0.140. The van der Waals surface area contributed by atoms with Gasteiger partial charge in [0.25, 0.3) is 5.56 Å². The number of hydrogen-bond donors (Lipinski definition) is 2. The molecule has 0 unspecified atom stereocenters. The van der Waals surface area contributed by atoms with Crippen molar-refractivity contribution in [2.45, 2.75) is 31.0 Å². The van der Waals surface area contributed by atoms with Gasteiger partial charge in [-0.25, -0.2) is 4.98 Å². The number of thioether (sulfide) groups is 1. The monoisotopic (exact) mass is 634 g/mol. The van der Waals surface area contributed by atoms with Crippen LogP contribution in [0.3, 0.4) is 0 Å². The van der Waals surface area contributed by atoms with Gasteiger partial charge in [-0.05, 0) is 60.4 Å². The molecule has 0 saturated heterocycles. The molecule has 0 atom stereocenters. The average molecular weight is 635 g/mol. The SMILES string of the molecule is COc1ccc(CCNC(=O)CCn2c(SCC(=O)NCCc3ccc(OC)c(OC)c3)nc3ccccc3c2=O)cc1OC. The van der Waals surface area contributed by atoms with Crippen LogP contribution in [0, 0.1) is 0 Å². The highest BCUT2D eigenvalue weighted by molar-refractivity contribution is 7.99. The molecule has 0 spiro atoms. The molecule has 11 nitrogen and oxygen atoms in total. The van der Waals surface area contributed by atoms with Gasteiger partial charge in [0.2, 0.25) is 11.8 Å². The van der Waals surface area contributed by atoms with Crippen molar-refractivity contribution in [1.82, 2.24) is 20.2 Å². The fourth-order valence-electron chi connectivity index (χ4n) is 4.70. The van der Waals surface area contributed by atoms with E-state index in [1.807, 2.05) is 36.4 Å². The molecule has 0 saturated carbocycles. The standard InChI is InChI=1S/C33H38N4O7S/c1-41-26-11-9-22(19-28(26)43-3)13-16-34-30(38)15-18-37-32(40)24-7-5-6-8-25(24)36-33(37)45-21-31(39)35-17-14-23-10-12-27(42-2)29(20-23)44-4/h5-12,19-20H,13-18,21H2,1-4H3,(H,34,38)(H,35,39). The Morgan fingerprint density at radius 2 is 1.31 bits per heavy atom. The van der Waals surface area contributed by atoms with Crippen LogP contribution in [0.25, 0.3) is 10.9 Å². The fraction of sp³-hybridized carbons (Fsp3) is 0.333. The first-order valence-electron chi connectivity index (χ1n) is 14.4. The van der Waals surface area contributed by atoms with E-state index in [-0.39, 0.29) is 36.1 Å². The van der Waals surface area contributed by atoms with Crippen molar-refractivity contribution in [3.63, 3.8) is 0 Å². The number of ether oxygens (including phenoxy) is 4. The second-order valence-electron chi connectivity index (χ2n) is 9.99. The van der Waals surface area contributed by atoms with Gasteiger partial charge in [0.1, 0.15) is 0 Å². The molecule has 0 aliphatic carbocycles. The Bertz CT molecular complexity index is 1690. The third-order valence-corrected chi connectivity index (χ3v) is 8.07. The molecule has 2 amide bonds. The first kappa shape index (κ1) is 33.2. The number of hydrogen-bond acceptors (Lipinski definition) is 9. The van der Waals surface area contributed by atoms with Crippen LogP contribution in [-0.2, 0) is 29.0 Å². The van der Waals surface area contributed by atoms with E-state index in [0.29, 0.717) is 65.0 Å². The summed E-state index contributed by atoms with van der Waals surface area (Å²) in [6, 6.07) is 18.3. The Morgan fingerprint density at radius 1 is 0.756 bits per heavy atom. The molecular formula is C33H38N4O7S. The summed E-state index contributed by atoms with van der Waals surface area (Å²) in [5, 5.41) is 6.66. The van der Waals surface area contributed by atoms with Gasteiger partial charge in [-0.15, -0.1) is 0 Å². The van der Waals surface area contributed by atoms with Gasteiger partial charge in [-0.2, -0.15) is 0 Å². The van der Waals surface area contributed by atoms with Crippen LogP contribution in [0.15, 0.2) is 70.6 Å². The van der Waals surface area contributed by atoms with Crippen LogP contribution in [0.1, 0.15) is 17.5 Å². The number of para-hydroxylation sites is 1. The molecule has 45 heavy (non-hydrogen) atoms. The molecule has 0 radical (unpaired) electrons. The molecule has 0 aliphatic heterocycles. The molecule has 4 rings (SSSR count). The fourth-order valence-corrected chi connectivity index (χ4v) is 5.56. The number of nitrogens with one attached hydrogen (secondary N) is 2. The van der Waals surface area contributed by atoms with Crippen LogP contribution in [0.5, 0.6) is 23.0 Å². The van der Waals surface area contributed by atoms with Crippen molar-refractivity contribution in [3.05, 3.63) is 82.1 Å². The molecule has 238 valence electrons. The molecular weight excluding hydrogens is 596 g/mol. The van der Waals surface area contributed by atoms with Gasteiger partial charge >= 0.3 is 0 Å². The predicted molar refractivity (Wildman–Crippen MR) is 174 cm³/mol. The predicted octanol–water partition coefficient (Wildman–Crippen LogP) is 3.63. The summed E-state index contributed by atoms with van der Waals surface area (Å²) in [5.74, 6) is 2.21. The minimum absolute atomic E-state index is 0.0637. The van der Waals surface area contributed by atoms with E-state index < -0.39 is 0 Å². The maximum absolute atomic E-state index is 13.4. The number of methoxy groups -OCH3 is 4. The summed E-state index contributed by atoms with van der Waals surface area (Å²) in [5.41, 5.74) is 2.26. The Balaban J connectivity index is 1.33. The van der Waals surface area contributed by atoms with Crippen LogP contribution in [0.4, 0.5) is 0 Å². The zero-order valence-electron chi connectivity index (χ0n) is 25.9. The van der Waals surface area contributed by atoms with Gasteiger partial charge in [0.05, 0.1) is 45.1 Å². The van der Waals surface area contributed by atoms with E-state index in [0.717, 1.165) is 22.9 Å². The number of rotatable bonds is 16. The van der Waals surface area contributed by atoms with Gasteiger partial charge in [-0.1, -0.05) is 36.0 Å². The summed E-state index contributed by atoms with van der Waals surface area (Å²) < 4.78 is 22.7. The molecule has 0 aliphatic rings. The molecule has 0 fully saturated rings. The minimum Gasteiger partial charge on any atom is -0.493 e. The number of fused-ring (bicyclic) bond motifs is 1. The summed E-state index contributed by atoms with van der Waals surface area (Å²) >= 11 is 1.16. The molecule has 2 N–H and O–H groups in total. The Kier molecular flexibility index (Phi) is 12.1. The number of nitrogens with zero attached hydrogens (tertiary/aromatic N) is 2. The van der Waals surface area contributed by atoms with Gasteiger partial charge in [0.15, 0.2) is 28.2 Å². The lowest BCUT2D eigenvalue weighted by molar-refractivity contribution is -0.121. The second kappa shape index (κ2) is 16.4. The summed E-state index contributed by atoms with van der Waals surface area (Å²) in [4.78, 5) is 43.4. The molecule has 1 aromatic heterocycles. The first-order valence-corrected chi connectivity index (χ1v) is 15.4.